The smallest absolute Gasteiger partial charge is 0.236 e. The van der Waals surface area contributed by atoms with Gasteiger partial charge in [-0.25, -0.2) is 4.68 Å². The molecule has 1 fully saturated rings. The zero-order valence-corrected chi connectivity index (χ0v) is 13.4. The molecule has 1 saturated heterocycles. The van der Waals surface area contributed by atoms with E-state index >= 15 is 0 Å². The van der Waals surface area contributed by atoms with E-state index in [4.69, 9.17) is 4.74 Å². The first-order chi connectivity index (χ1) is 11.2. The van der Waals surface area contributed by atoms with Crippen LogP contribution in [0.1, 0.15) is 5.56 Å². The fraction of sp³-hybridized carbons (Fsp3) is 0.412. The van der Waals surface area contributed by atoms with Gasteiger partial charge in [-0.15, -0.1) is 0 Å². The Hall–Kier alpha value is -2.18. The van der Waals surface area contributed by atoms with Crippen LogP contribution in [-0.4, -0.2) is 65.4 Å². The molecule has 0 bridgehead atoms. The van der Waals surface area contributed by atoms with Gasteiger partial charge in [0.25, 0.3) is 0 Å². The van der Waals surface area contributed by atoms with Gasteiger partial charge in [0, 0.05) is 39.1 Å². The topological polar surface area (TPSA) is 50.6 Å². The van der Waals surface area contributed by atoms with Crippen LogP contribution in [0.2, 0.25) is 0 Å². The number of aromatic nitrogens is 2. The summed E-state index contributed by atoms with van der Waals surface area (Å²) in [6.45, 7) is 4.13. The molecular weight excluding hydrogens is 292 g/mol. The number of carbonyl (C=O) groups is 1. The van der Waals surface area contributed by atoms with Crippen LogP contribution in [0, 0.1) is 0 Å². The van der Waals surface area contributed by atoms with Gasteiger partial charge >= 0.3 is 0 Å². The minimum atomic E-state index is 0.136. The lowest BCUT2D eigenvalue weighted by atomic mass is 10.2. The first-order valence-electron chi connectivity index (χ1n) is 7.85. The van der Waals surface area contributed by atoms with E-state index in [-0.39, 0.29) is 5.91 Å². The van der Waals surface area contributed by atoms with Crippen molar-refractivity contribution in [3.05, 3.63) is 48.3 Å². The molecule has 3 rings (SSSR count). The van der Waals surface area contributed by atoms with Crippen molar-refractivity contribution in [2.75, 3.05) is 39.9 Å². The minimum absolute atomic E-state index is 0.136. The minimum Gasteiger partial charge on any atom is -0.379 e. The van der Waals surface area contributed by atoms with Crippen molar-refractivity contribution in [3.8, 4) is 5.69 Å². The van der Waals surface area contributed by atoms with Crippen LogP contribution >= 0.6 is 0 Å². The first kappa shape index (κ1) is 15.7. The molecule has 0 spiro atoms. The largest absolute Gasteiger partial charge is 0.379 e. The zero-order chi connectivity index (χ0) is 16.1. The highest BCUT2D eigenvalue weighted by molar-refractivity contribution is 5.78. The molecule has 1 aromatic carbocycles. The second kappa shape index (κ2) is 7.39. The van der Waals surface area contributed by atoms with Crippen molar-refractivity contribution < 1.29 is 9.53 Å². The number of likely N-dealkylation sites (N-methyl/N-ethyl adjacent to an activating group) is 1. The molecule has 1 aromatic heterocycles. The van der Waals surface area contributed by atoms with Crippen LogP contribution in [0.3, 0.4) is 0 Å². The molecule has 6 heteroatoms. The van der Waals surface area contributed by atoms with E-state index in [9.17, 15) is 4.79 Å². The Labute approximate surface area is 136 Å². The summed E-state index contributed by atoms with van der Waals surface area (Å²) in [6, 6.07) is 9.99. The summed E-state index contributed by atoms with van der Waals surface area (Å²) >= 11 is 0. The summed E-state index contributed by atoms with van der Waals surface area (Å²) in [6.07, 6.45) is 3.66. The van der Waals surface area contributed by atoms with Gasteiger partial charge in [0.2, 0.25) is 5.91 Å². The van der Waals surface area contributed by atoms with Gasteiger partial charge in [-0.1, -0.05) is 12.1 Å². The van der Waals surface area contributed by atoms with E-state index < -0.39 is 0 Å². The lowest BCUT2D eigenvalue weighted by Gasteiger charge is -2.28. The number of morpholine rings is 1. The van der Waals surface area contributed by atoms with Crippen molar-refractivity contribution in [3.63, 3.8) is 0 Å². The third kappa shape index (κ3) is 4.18. The number of hydrogen-bond acceptors (Lipinski definition) is 4. The molecule has 1 aliphatic heterocycles. The second-order valence-corrected chi connectivity index (χ2v) is 5.76. The maximum atomic E-state index is 12.4. The van der Waals surface area contributed by atoms with E-state index in [0.29, 0.717) is 26.3 Å². The van der Waals surface area contributed by atoms with Crippen molar-refractivity contribution in [2.24, 2.45) is 0 Å². The van der Waals surface area contributed by atoms with Crippen LogP contribution < -0.4 is 0 Å². The third-order valence-corrected chi connectivity index (χ3v) is 3.99. The summed E-state index contributed by atoms with van der Waals surface area (Å²) < 4.78 is 7.13. The molecule has 2 heterocycles. The molecule has 0 aliphatic carbocycles. The molecule has 0 saturated carbocycles. The Bertz CT molecular complexity index is 636. The van der Waals surface area contributed by atoms with E-state index in [1.54, 1.807) is 11.1 Å². The van der Waals surface area contributed by atoms with Crippen molar-refractivity contribution in [1.29, 1.82) is 0 Å². The number of amides is 1. The number of nitrogens with zero attached hydrogens (tertiary/aromatic N) is 4. The molecule has 0 unspecified atom stereocenters. The number of ether oxygens (including phenoxy) is 1. The fourth-order valence-corrected chi connectivity index (χ4v) is 2.65. The van der Waals surface area contributed by atoms with Gasteiger partial charge in [0.15, 0.2) is 0 Å². The van der Waals surface area contributed by atoms with Crippen molar-refractivity contribution in [2.45, 2.75) is 6.54 Å². The summed E-state index contributed by atoms with van der Waals surface area (Å²) in [4.78, 5) is 16.3. The molecule has 23 heavy (non-hydrogen) atoms. The summed E-state index contributed by atoms with van der Waals surface area (Å²) in [5.74, 6) is 0.136. The third-order valence-electron chi connectivity index (χ3n) is 3.99. The van der Waals surface area contributed by atoms with Crippen LogP contribution in [0.4, 0.5) is 0 Å². The summed E-state index contributed by atoms with van der Waals surface area (Å²) in [7, 11) is 1.85. The SMILES string of the molecule is CN(Cc1cccc(-n2cccn2)c1)C(=O)CN1CCOCC1. The average molecular weight is 314 g/mol. The van der Waals surface area contributed by atoms with E-state index in [0.717, 1.165) is 24.3 Å². The number of rotatable bonds is 5. The quantitative estimate of drug-likeness (QED) is 0.831. The van der Waals surface area contributed by atoms with Crippen LogP contribution in [0.15, 0.2) is 42.7 Å². The highest BCUT2D eigenvalue weighted by Crippen LogP contribution is 2.11. The van der Waals surface area contributed by atoms with Gasteiger partial charge in [0.05, 0.1) is 25.4 Å². The number of hydrogen-bond donors (Lipinski definition) is 0. The fourth-order valence-electron chi connectivity index (χ4n) is 2.65. The van der Waals surface area contributed by atoms with E-state index in [1.807, 2.05) is 42.2 Å². The molecular formula is C17H22N4O2. The molecule has 122 valence electrons. The molecule has 1 amide bonds. The second-order valence-electron chi connectivity index (χ2n) is 5.76. The van der Waals surface area contributed by atoms with Crippen molar-refractivity contribution >= 4 is 5.91 Å². The molecule has 2 aromatic rings. The number of carbonyl (C=O) groups excluding carboxylic acids is 1. The maximum absolute atomic E-state index is 12.4. The zero-order valence-electron chi connectivity index (χ0n) is 13.4. The normalized spacial score (nSPS) is 15.5. The summed E-state index contributed by atoms with van der Waals surface area (Å²) in [5, 5.41) is 4.24. The standard InChI is InChI=1S/C17H22N4O2/c1-19(17(22)14-20-8-10-23-11-9-20)13-15-4-2-5-16(12-15)21-7-3-6-18-21/h2-7,12H,8-11,13-14H2,1H3. The van der Waals surface area contributed by atoms with Gasteiger partial charge < -0.3 is 9.64 Å². The van der Waals surface area contributed by atoms with Crippen LogP contribution in [0.25, 0.3) is 5.69 Å². The summed E-state index contributed by atoms with van der Waals surface area (Å²) in [5.41, 5.74) is 2.09. The predicted octanol–water partition coefficient (Wildman–Crippen LogP) is 1.16. The predicted molar refractivity (Wildman–Crippen MR) is 87.3 cm³/mol. The Balaban J connectivity index is 1.59. The molecule has 0 radical (unpaired) electrons. The Morgan fingerprint density at radius 1 is 1.30 bits per heavy atom. The lowest BCUT2D eigenvalue weighted by molar-refractivity contribution is -0.132. The van der Waals surface area contributed by atoms with Crippen molar-refractivity contribution in [1.82, 2.24) is 19.6 Å². The maximum Gasteiger partial charge on any atom is 0.236 e. The highest BCUT2D eigenvalue weighted by atomic mass is 16.5. The number of benzene rings is 1. The van der Waals surface area contributed by atoms with Crippen LogP contribution in [0.5, 0.6) is 0 Å². The molecule has 1 aliphatic rings. The average Bonchev–Trinajstić information content (AvgIpc) is 3.10. The van der Waals surface area contributed by atoms with Gasteiger partial charge in [-0.3, -0.25) is 9.69 Å². The Morgan fingerprint density at radius 3 is 2.87 bits per heavy atom. The Kier molecular flexibility index (Phi) is 5.05. The lowest BCUT2D eigenvalue weighted by Crippen LogP contribution is -2.43. The highest BCUT2D eigenvalue weighted by Gasteiger charge is 2.17. The van der Waals surface area contributed by atoms with E-state index in [1.165, 1.54) is 0 Å². The van der Waals surface area contributed by atoms with Crippen LogP contribution in [-0.2, 0) is 16.1 Å². The molecule has 0 atom stereocenters. The monoisotopic (exact) mass is 314 g/mol. The molecule has 6 nitrogen and oxygen atoms in total. The van der Waals surface area contributed by atoms with E-state index in [2.05, 4.69) is 16.1 Å². The Morgan fingerprint density at radius 2 is 2.13 bits per heavy atom. The van der Waals surface area contributed by atoms with Gasteiger partial charge in [-0.2, -0.15) is 5.10 Å². The molecule has 0 N–H and O–H groups in total. The van der Waals surface area contributed by atoms with Gasteiger partial charge in [-0.05, 0) is 23.8 Å². The first-order valence-corrected chi connectivity index (χ1v) is 7.85. The van der Waals surface area contributed by atoms with Gasteiger partial charge in [0.1, 0.15) is 0 Å².